The average Bonchev–Trinajstić information content (AvgIpc) is 2.25. The second kappa shape index (κ2) is 5.57. The van der Waals surface area contributed by atoms with Crippen LogP contribution < -0.4 is 10.6 Å². The van der Waals surface area contributed by atoms with Crippen LogP contribution >= 0.6 is 0 Å². The van der Waals surface area contributed by atoms with Crippen LogP contribution in [-0.2, 0) is 6.18 Å². The van der Waals surface area contributed by atoms with Crippen LogP contribution in [0.1, 0.15) is 19.4 Å². The van der Waals surface area contributed by atoms with Crippen molar-refractivity contribution in [3.05, 3.63) is 41.6 Å². The fraction of sp³-hybridized carbons (Fsp3) is 0.250. The van der Waals surface area contributed by atoms with Crippen molar-refractivity contribution in [2.45, 2.75) is 20.0 Å². The second-order valence-corrected chi connectivity index (χ2v) is 3.90. The third kappa shape index (κ3) is 4.48. The molecule has 0 saturated heterocycles. The molecule has 1 rings (SSSR count). The molecule has 3 nitrogen and oxygen atoms in total. The SMILES string of the molecule is CC(C)=CNC(=O)Nc1cccc(C(F)(F)F)c1. The number of carbonyl (C=O) groups excluding carboxylic acids is 1. The highest BCUT2D eigenvalue weighted by Gasteiger charge is 2.30. The number of alkyl halides is 3. The van der Waals surface area contributed by atoms with Crippen molar-refractivity contribution in [2.24, 2.45) is 0 Å². The Bertz CT molecular complexity index is 463. The predicted octanol–water partition coefficient (Wildman–Crippen LogP) is 3.75. The van der Waals surface area contributed by atoms with E-state index in [1.54, 1.807) is 13.8 Å². The third-order valence-electron chi connectivity index (χ3n) is 1.94. The summed E-state index contributed by atoms with van der Waals surface area (Å²) in [7, 11) is 0. The van der Waals surface area contributed by atoms with Crippen LogP contribution in [0.3, 0.4) is 0 Å². The van der Waals surface area contributed by atoms with Crippen LogP contribution in [0.2, 0.25) is 0 Å². The molecular formula is C12H13F3N2O. The van der Waals surface area contributed by atoms with Crippen molar-refractivity contribution in [1.29, 1.82) is 0 Å². The maximum Gasteiger partial charge on any atom is 0.416 e. The summed E-state index contributed by atoms with van der Waals surface area (Å²) >= 11 is 0. The van der Waals surface area contributed by atoms with Gasteiger partial charge in [0.1, 0.15) is 0 Å². The summed E-state index contributed by atoms with van der Waals surface area (Å²) in [5, 5.41) is 4.71. The molecule has 18 heavy (non-hydrogen) atoms. The van der Waals surface area contributed by atoms with Crippen molar-refractivity contribution in [3.63, 3.8) is 0 Å². The molecule has 0 aliphatic carbocycles. The molecule has 0 aromatic heterocycles. The largest absolute Gasteiger partial charge is 0.416 e. The lowest BCUT2D eigenvalue weighted by Gasteiger charge is -2.09. The van der Waals surface area contributed by atoms with E-state index in [0.717, 1.165) is 17.7 Å². The van der Waals surface area contributed by atoms with E-state index in [2.05, 4.69) is 10.6 Å². The molecule has 0 saturated carbocycles. The zero-order valence-electron chi connectivity index (χ0n) is 9.93. The summed E-state index contributed by atoms with van der Waals surface area (Å²) < 4.78 is 37.3. The van der Waals surface area contributed by atoms with Gasteiger partial charge in [-0.1, -0.05) is 11.6 Å². The fourth-order valence-electron chi connectivity index (χ4n) is 1.15. The van der Waals surface area contributed by atoms with E-state index >= 15 is 0 Å². The molecule has 1 aromatic carbocycles. The van der Waals surface area contributed by atoms with Crippen molar-refractivity contribution in [2.75, 3.05) is 5.32 Å². The molecule has 0 heterocycles. The lowest BCUT2D eigenvalue weighted by atomic mass is 10.2. The Hall–Kier alpha value is -1.98. The molecule has 0 fully saturated rings. The Balaban J connectivity index is 2.74. The molecule has 1 aromatic rings. The van der Waals surface area contributed by atoms with Gasteiger partial charge in [0.2, 0.25) is 0 Å². The van der Waals surface area contributed by atoms with Gasteiger partial charge in [0.05, 0.1) is 5.56 Å². The normalized spacial score (nSPS) is 10.7. The minimum Gasteiger partial charge on any atom is -0.314 e. The number of halogens is 3. The first-order valence-electron chi connectivity index (χ1n) is 5.17. The first kappa shape index (κ1) is 14.1. The van der Waals surface area contributed by atoms with Gasteiger partial charge in [-0.15, -0.1) is 0 Å². The summed E-state index contributed by atoms with van der Waals surface area (Å²) in [6, 6.07) is 3.85. The van der Waals surface area contributed by atoms with Gasteiger partial charge in [-0.3, -0.25) is 0 Å². The van der Waals surface area contributed by atoms with Gasteiger partial charge in [-0.25, -0.2) is 4.79 Å². The van der Waals surface area contributed by atoms with Gasteiger partial charge in [0.25, 0.3) is 0 Å². The van der Waals surface area contributed by atoms with Gasteiger partial charge in [0.15, 0.2) is 0 Å². The van der Waals surface area contributed by atoms with Gasteiger partial charge in [0, 0.05) is 11.9 Å². The Morgan fingerprint density at radius 1 is 1.28 bits per heavy atom. The quantitative estimate of drug-likeness (QED) is 0.833. The standard InChI is InChI=1S/C12H13F3N2O/c1-8(2)7-16-11(18)17-10-5-3-4-9(6-10)12(13,14)15/h3-7H,1-2H3,(H2,16,17,18). The highest BCUT2D eigenvalue weighted by atomic mass is 19.4. The van der Waals surface area contributed by atoms with E-state index in [9.17, 15) is 18.0 Å². The number of hydrogen-bond donors (Lipinski definition) is 2. The molecular weight excluding hydrogens is 245 g/mol. The van der Waals surface area contributed by atoms with E-state index in [4.69, 9.17) is 0 Å². The zero-order chi connectivity index (χ0) is 13.8. The number of nitrogens with one attached hydrogen (secondary N) is 2. The Kier molecular flexibility index (Phi) is 4.36. The molecule has 0 radical (unpaired) electrons. The van der Waals surface area contributed by atoms with Crippen LogP contribution in [0.5, 0.6) is 0 Å². The molecule has 0 unspecified atom stereocenters. The molecule has 0 spiro atoms. The number of carbonyl (C=O) groups is 1. The first-order valence-corrected chi connectivity index (χ1v) is 5.17. The van der Waals surface area contributed by atoms with Crippen molar-refractivity contribution in [3.8, 4) is 0 Å². The van der Waals surface area contributed by atoms with E-state index < -0.39 is 17.8 Å². The van der Waals surface area contributed by atoms with Crippen LogP contribution in [-0.4, -0.2) is 6.03 Å². The number of hydrogen-bond acceptors (Lipinski definition) is 1. The predicted molar refractivity (Wildman–Crippen MR) is 63.0 cm³/mol. The summed E-state index contributed by atoms with van der Waals surface area (Å²) in [5.74, 6) is 0. The summed E-state index contributed by atoms with van der Waals surface area (Å²) in [6.45, 7) is 3.56. The second-order valence-electron chi connectivity index (χ2n) is 3.90. The molecule has 98 valence electrons. The first-order chi connectivity index (χ1) is 8.29. The van der Waals surface area contributed by atoms with Crippen molar-refractivity contribution >= 4 is 11.7 Å². The molecule has 2 N–H and O–H groups in total. The van der Waals surface area contributed by atoms with Gasteiger partial charge in [-0.05, 0) is 32.0 Å². The van der Waals surface area contributed by atoms with Crippen LogP contribution in [0.25, 0.3) is 0 Å². The smallest absolute Gasteiger partial charge is 0.314 e. The molecule has 0 aliphatic rings. The minimum absolute atomic E-state index is 0.0875. The lowest BCUT2D eigenvalue weighted by molar-refractivity contribution is -0.137. The van der Waals surface area contributed by atoms with Crippen LogP contribution in [0.4, 0.5) is 23.7 Å². The van der Waals surface area contributed by atoms with Gasteiger partial charge >= 0.3 is 12.2 Å². The molecule has 0 bridgehead atoms. The molecule has 2 amide bonds. The summed E-state index contributed by atoms with van der Waals surface area (Å²) in [5.41, 5.74) is 0.154. The van der Waals surface area contributed by atoms with Gasteiger partial charge < -0.3 is 10.6 Å². The number of urea groups is 1. The number of anilines is 1. The highest BCUT2D eigenvalue weighted by Crippen LogP contribution is 2.30. The number of allylic oxidation sites excluding steroid dienone is 1. The maximum absolute atomic E-state index is 12.4. The van der Waals surface area contributed by atoms with Crippen LogP contribution in [0, 0.1) is 0 Å². The number of rotatable bonds is 2. The minimum atomic E-state index is -4.42. The van der Waals surface area contributed by atoms with Crippen molar-refractivity contribution < 1.29 is 18.0 Å². The molecule has 6 heteroatoms. The van der Waals surface area contributed by atoms with Crippen molar-refractivity contribution in [1.82, 2.24) is 5.32 Å². The van der Waals surface area contributed by atoms with E-state index in [1.165, 1.54) is 18.3 Å². The van der Waals surface area contributed by atoms with E-state index in [-0.39, 0.29) is 5.69 Å². The highest BCUT2D eigenvalue weighted by molar-refractivity contribution is 5.89. The number of benzene rings is 1. The monoisotopic (exact) mass is 258 g/mol. The van der Waals surface area contributed by atoms with Gasteiger partial charge in [-0.2, -0.15) is 13.2 Å². The van der Waals surface area contributed by atoms with E-state index in [0.29, 0.717) is 0 Å². The lowest BCUT2D eigenvalue weighted by Crippen LogP contribution is -2.24. The topological polar surface area (TPSA) is 41.1 Å². The van der Waals surface area contributed by atoms with E-state index in [1.807, 2.05) is 0 Å². The Morgan fingerprint density at radius 3 is 2.50 bits per heavy atom. The number of amides is 2. The zero-order valence-corrected chi connectivity index (χ0v) is 9.93. The fourth-order valence-corrected chi connectivity index (χ4v) is 1.15. The Morgan fingerprint density at radius 2 is 1.94 bits per heavy atom. The summed E-state index contributed by atoms with van der Waals surface area (Å²) in [6.07, 6.45) is -2.96. The average molecular weight is 258 g/mol. The Labute approximate surface area is 103 Å². The summed E-state index contributed by atoms with van der Waals surface area (Å²) in [4.78, 5) is 11.3. The molecule has 0 atom stereocenters. The maximum atomic E-state index is 12.4. The molecule has 0 aliphatic heterocycles. The van der Waals surface area contributed by atoms with Crippen LogP contribution in [0.15, 0.2) is 36.0 Å². The third-order valence-corrected chi connectivity index (χ3v) is 1.94.